The van der Waals surface area contributed by atoms with Gasteiger partial charge in [-0.15, -0.1) is 0 Å². The number of ether oxygens (including phenoxy) is 2. The largest absolute Gasteiger partial charge is 0.459 e. The number of carbonyl (C=O) groups excluding carboxylic acids is 2. The van der Waals surface area contributed by atoms with Crippen LogP contribution in [0.4, 0.5) is 0 Å². The molecule has 0 atom stereocenters. The third kappa shape index (κ3) is 5.84. The van der Waals surface area contributed by atoms with Crippen molar-refractivity contribution < 1.29 is 19.1 Å². The molecule has 0 N–H and O–H groups in total. The number of hydrogen-bond donors (Lipinski definition) is 0. The lowest BCUT2D eigenvalue weighted by molar-refractivity contribution is -0.145. The van der Waals surface area contributed by atoms with Crippen LogP contribution in [0.5, 0.6) is 5.75 Å². The number of rotatable bonds is 5. The molecule has 152 valence electrons. The van der Waals surface area contributed by atoms with Crippen molar-refractivity contribution in [2.75, 3.05) is 0 Å². The van der Waals surface area contributed by atoms with Gasteiger partial charge in [0.1, 0.15) is 11.9 Å². The van der Waals surface area contributed by atoms with Crippen LogP contribution in [0, 0.1) is 17.8 Å². The minimum Gasteiger partial charge on any atom is -0.459 e. The van der Waals surface area contributed by atoms with Gasteiger partial charge in [-0.1, -0.05) is 17.7 Å². The molecule has 0 saturated heterocycles. The fraction of sp³-hybridized carbons (Fsp3) is 0.565. The predicted molar refractivity (Wildman–Crippen MR) is 109 cm³/mol. The highest BCUT2D eigenvalue weighted by Gasteiger charge is 2.34. The molecule has 2 saturated carbocycles. The molecule has 0 radical (unpaired) electrons. The second-order valence-corrected chi connectivity index (χ2v) is 8.40. The van der Waals surface area contributed by atoms with Gasteiger partial charge in [0.05, 0.1) is 5.92 Å². The highest BCUT2D eigenvalue weighted by Crippen LogP contribution is 2.41. The molecular formula is C23H29ClO4. The Kier molecular flexibility index (Phi) is 7.55. The van der Waals surface area contributed by atoms with Crippen molar-refractivity contribution in [2.45, 2.75) is 64.4 Å². The Balaban J connectivity index is 1.40. The summed E-state index contributed by atoms with van der Waals surface area (Å²) in [5, 5.41) is 0.631. The van der Waals surface area contributed by atoms with Crippen molar-refractivity contribution in [3.05, 3.63) is 41.4 Å². The Morgan fingerprint density at radius 1 is 0.929 bits per heavy atom. The zero-order valence-corrected chi connectivity index (χ0v) is 17.2. The van der Waals surface area contributed by atoms with Gasteiger partial charge in [0, 0.05) is 11.1 Å². The van der Waals surface area contributed by atoms with Crippen molar-refractivity contribution in [1.82, 2.24) is 0 Å². The molecule has 3 rings (SSSR count). The van der Waals surface area contributed by atoms with Crippen LogP contribution < -0.4 is 4.74 Å². The lowest BCUT2D eigenvalue weighted by Crippen LogP contribution is -2.31. The maximum atomic E-state index is 12.4. The van der Waals surface area contributed by atoms with Gasteiger partial charge in [-0.25, -0.2) is 4.79 Å². The van der Waals surface area contributed by atoms with Crippen molar-refractivity contribution in [3.8, 4) is 5.75 Å². The van der Waals surface area contributed by atoms with E-state index in [9.17, 15) is 9.59 Å². The number of esters is 2. The second-order valence-electron chi connectivity index (χ2n) is 7.96. The monoisotopic (exact) mass is 404 g/mol. The van der Waals surface area contributed by atoms with E-state index in [1.807, 2.05) is 6.92 Å². The first kappa shape index (κ1) is 20.9. The fourth-order valence-corrected chi connectivity index (χ4v) is 4.67. The minimum atomic E-state index is -0.231. The van der Waals surface area contributed by atoms with E-state index >= 15 is 0 Å². The topological polar surface area (TPSA) is 52.6 Å². The average Bonchev–Trinajstić information content (AvgIpc) is 2.70. The molecular weight excluding hydrogens is 376 g/mol. The molecule has 2 fully saturated rings. The first-order valence-corrected chi connectivity index (χ1v) is 10.7. The third-order valence-electron chi connectivity index (χ3n) is 6.11. The van der Waals surface area contributed by atoms with Gasteiger partial charge >= 0.3 is 11.9 Å². The number of allylic oxidation sites excluding steroid dienone is 1. The summed E-state index contributed by atoms with van der Waals surface area (Å²) >= 11 is 5.87. The summed E-state index contributed by atoms with van der Waals surface area (Å²) in [6, 6.07) is 6.92. The van der Waals surface area contributed by atoms with Gasteiger partial charge < -0.3 is 9.47 Å². The van der Waals surface area contributed by atoms with E-state index in [1.165, 1.54) is 6.08 Å². The summed E-state index contributed by atoms with van der Waals surface area (Å²) in [6.45, 7) is 1.82. The zero-order valence-electron chi connectivity index (χ0n) is 16.4. The first-order valence-electron chi connectivity index (χ1n) is 10.4. The van der Waals surface area contributed by atoms with Gasteiger partial charge in [-0.2, -0.15) is 0 Å². The zero-order chi connectivity index (χ0) is 19.9. The number of benzene rings is 1. The smallest absolute Gasteiger partial charge is 0.330 e. The molecule has 0 spiro atoms. The molecule has 0 aliphatic heterocycles. The van der Waals surface area contributed by atoms with Crippen LogP contribution in [0.3, 0.4) is 0 Å². The summed E-state index contributed by atoms with van der Waals surface area (Å²) in [7, 11) is 0. The third-order valence-corrected chi connectivity index (χ3v) is 6.36. The SMILES string of the molecule is C/C=C/C(=O)OC1CCC(C2CCC(C(=O)Oc3ccc(Cl)cc3)CC2)CC1. The summed E-state index contributed by atoms with van der Waals surface area (Å²) in [6.07, 6.45) is 11.3. The molecule has 0 aromatic heterocycles. The number of hydrogen-bond acceptors (Lipinski definition) is 4. The van der Waals surface area contributed by atoms with E-state index in [0.29, 0.717) is 22.6 Å². The summed E-state index contributed by atoms with van der Waals surface area (Å²) in [5.41, 5.74) is 0. The lowest BCUT2D eigenvalue weighted by Gasteiger charge is -2.37. The lowest BCUT2D eigenvalue weighted by atomic mass is 9.70. The first-order chi connectivity index (χ1) is 13.5. The molecule has 28 heavy (non-hydrogen) atoms. The van der Waals surface area contributed by atoms with Crippen molar-refractivity contribution >= 4 is 23.5 Å². The molecule has 4 nitrogen and oxygen atoms in total. The minimum absolute atomic E-state index is 0.00921. The van der Waals surface area contributed by atoms with Crippen molar-refractivity contribution in [3.63, 3.8) is 0 Å². The van der Waals surface area contributed by atoms with Crippen molar-refractivity contribution in [2.24, 2.45) is 17.8 Å². The Bertz CT molecular complexity index is 681. The van der Waals surface area contributed by atoms with Gasteiger partial charge in [-0.3, -0.25) is 4.79 Å². The van der Waals surface area contributed by atoms with Gasteiger partial charge in [0.15, 0.2) is 0 Å². The summed E-state index contributed by atoms with van der Waals surface area (Å²) < 4.78 is 11.0. The van der Waals surface area contributed by atoms with E-state index in [-0.39, 0.29) is 24.0 Å². The highest BCUT2D eigenvalue weighted by atomic mass is 35.5. The maximum Gasteiger partial charge on any atom is 0.330 e. The van der Waals surface area contributed by atoms with E-state index in [0.717, 1.165) is 51.4 Å². The highest BCUT2D eigenvalue weighted by molar-refractivity contribution is 6.30. The van der Waals surface area contributed by atoms with Crippen LogP contribution in [-0.2, 0) is 14.3 Å². The summed E-state index contributed by atoms with van der Waals surface area (Å²) in [4.78, 5) is 24.0. The molecule has 0 amide bonds. The van der Waals surface area contributed by atoms with Gasteiger partial charge in [0.2, 0.25) is 0 Å². The molecule has 2 aliphatic carbocycles. The van der Waals surface area contributed by atoms with Crippen LogP contribution in [0.15, 0.2) is 36.4 Å². The standard InChI is InChI=1S/C23H29ClO4/c1-2-3-22(25)27-20-12-8-17(9-13-20)16-4-6-18(7-5-16)23(26)28-21-14-10-19(24)11-15-21/h2-3,10-11,14-18,20H,4-9,12-13H2,1H3/b3-2+. The Morgan fingerprint density at radius 2 is 1.50 bits per heavy atom. The van der Waals surface area contributed by atoms with E-state index < -0.39 is 0 Å². The number of halogens is 1. The van der Waals surface area contributed by atoms with E-state index in [4.69, 9.17) is 21.1 Å². The van der Waals surface area contributed by atoms with Crippen LogP contribution in [0.25, 0.3) is 0 Å². The Morgan fingerprint density at radius 3 is 2.07 bits per heavy atom. The second kappa shape index (κ2) is 10.1. The van der Waals surface area contributed by atoms with E-state index in [2.05, 4.69) is 0 Å². The predicted octanol–water partition coefficient (Wildman–Crippen LogP) is 5.73. The maximum absolute atomic E-state index is 12.4. The van der Waals surface area contributed by atoms with Crippen LogP contribution in [-0.4, -0.2) is 18.0 Å². The number of carbonyl (C=O) groups is 2. The molecule has 2 aliphatic rings. The molecule has 0 unspecified atom stereocenters. The van der Waals surface area contributed by atoms with E-state index in [1.54, 1.807) is 30.3 Å². The summed E-state index contributed by atoms with van der Waals surface area (Å²) in [5.74, 6) is 1.55. The van der Waals surface area contributed by atoms with Crippen LogP contribution in [0.2, 0.25) is 5.02 Å². The fourth-order valence-electron chi connectivity index (χ4n) is 4.55. The molecule has 0 bridgehead atoms. The van der Waals surface area contributed by atoms with Gasteiger partial charge in [-0.05, 0) is 94.4 Å². The normalized spacial score (nSPS) is 28.1. The van der Waals surface area contributed by atoms with Crippen LogP contribution in [0.1, 0.15) is 58.3 Å². The molecule has 5 heteroatoms. The van der Waals surface area contributed by atoms with Crippen molar-refractivity contribution in [1.29, 1.82) is 0 Å². The molecule has 1 aromatic carbocycles. The Labute approximate surface area is 172 Å². The quantitative estimate of drug-likeness (QED) is 0.357. The Hall–Kier alpha value is -1.81. The average molecular weight is 405 g/mol. The molecule has 0 heterocycles. The van der Waals surface area contributed by atoms with Gasteiger partial charge in [0.25, 0.3) is 0 Å². The molecule has 1 aromatic rings. The van der Waals surface area contributed by atoms with Crippen LogP contribution >= 0.6 is 11.6 Å².